The number of anilines is 4. The van der Waals surface area contributed by atoms with Gasteiger partial charge in [-0.3, -0.25) is 19.2 Å². The first-order valence-corrected chi connectivity index (χ1v) is 47.5. The van der Waals surface area contributed by atoms with Crippen molar-refractivity contribution in [2.24, 2.45) is 0 Å². The number of nitrogens with zero attached hydrogens (tertiary/aromatic N) is 2. The van der Waals surface area contributed by atoms with E-state index in [9.17, 15) is 0 Å². The number of amides is 4. The number of carbonyl (C=O) groups is 4. The minimum absolute atomic E-state index is 0.138. The second-order valence-corrected chi connectivity index (χ2v) is 47.3. The highest BCUT2D eigenvalue weighted by molar-refractivity contribution is 6.48. The normalized spacial score (nSPS) is 14.9. The molecule has 15 aromatic carbocycles. The summed E-state index contributed by atoms with van der Waals surface area (Å²) in [5, 5.41) is 2.89. The molecule has 0 saturated carbocycles. The van der Waals surface area contributed by atoms with Crippen LogP contribution in [0.15, 0.2) is 218 Å². The van der Waals surface area contributed by atoms with E-state index in [-0.39, 0.29) is 88.6 Å². The Bertz CT molecular complexity index is 6870. The predicted molar refractivity (Wildman–Crippen MR) is 555 cm³/mol. The molecule has 19 rings (SSSR count). The molecule has 14 nitrogen and oxygen atoms in total. The molecule has 14 heteroatoms. The Morgan fingerprint density at radius 3 is 0.669 bits per heavy atom. The number of nitrogen functional groups attached to an aromatic ring is 2. The second-order valence-electron chi connectivity index (χ2n) is 47.3. The smallest absolute Gasteiger partial charge is 0.266 e. The minimum Gasteiger partial charge on any atom is -0.457 e. The molecule has 136 heavy (non-hydrogen) atoms. The molecule has 0 unspecified atom stereocenters. The van der Waals surface area contributed by atoms with Crippen molar-refractivity contribution in [3.63, 3.8) is 0 Å². The van der Waals surface area contributed by atoms with Crippen molar-refractivity contribution in [2.75, 3.05) is 21.3 Å². The molecule has 4 aliphatic heterocycles. The van der Waals surface area contributed by atoms with E-state index >= 15 is 19.2 Å². The average Bonchev–Trinajstić information content (AvgIpc) is 0.667. The summed E-state index contributed by atoms with van der Waals surface area (Å²) in [7, 11) is 0. The van der Waals surface area contributed by atoms with Crippen molar-refractivity contribution in [3.8, 4) is 91.2 Å². The number of rotatable bonds is 12. The molecule has 0 atom stereocenters. The van der Waals surface area contributed by atoms with Crippen molar-refractivity contribution < 1.29 is 47.6 Å². The molecule has 0 spiro atoms. The number of hydrogen-bond donors (Lipinski definition) is 2. The Labute approximate surface area is 800 Å². The van der Waals surface area contributed by atoms with Crippen LogP contribution in [0.4, 0.5) is 22.7 Å². The van der Waals surface area contributed by atoms with Crippen molar-refractivity contribution in [1.29, 1.82) is 0 Å². The highest BCUT2D eigenvalue weighted by atomic mass is 16.5. The van der Waals surface area contributed by atoms with Crippen LogP contribution in [0.2, 0.25) is 0 Å². The third-order valence-electron chi connectivity index (χ3n) is 28.5. The summed E-state index contributed by atoms with van der Waals surface area (Å²) in [5.74, 6) is 2.48. The summed E-state index contributed by atoms with van der Waals surface area (Å²) in [5.41, 5.74) is 29.1. The molecule has 4 heterocycles. The quantitative estimate of drug-likeness (QED) is 0.0512. The number of nitrogens with two attached hydrogens (primary N) is 2. The van der Waals surface area contributed by atoms with E-state index in [4.69, 9.17) is 39.9 Å². The van der Waals surface area contributed by atoms with Crippen molar-refractivity contribution in [2.45, 2.75) is 248 Å². The number of benzene rings is 15. The van der Waals surface area contributed by atoms with Crippen LogP contribution in [0.1, 0.15) is 302 Å². The second kappa shape index (κ2) is 30.9. The molecule has 0 radical (unpaired) electrons. The number of hydrogen-bond acceptors (Lipinski definition) is 12. The molecule has 4 aliphatic rings. The van der Waals surface area contributed by atoms with Gasteiger partial charge in [0.15, 0.2) is 11.5 Å². The van der Waals surface area contributed by atoms with Crippen molar-refractivity contribution in [1.82, 2.24) is 0 Å². The van der Waals surface area contributed by atoms with Gasteiger partial charge in [-0.05, 0) is 220 Å². The molecule has 15 aromatic rings. The molecule has 4 N–H and O–H groups in total. The van der Waals surface area contributed by atoms with Gasteiger partial charge in [0.1, 0.15) is 57.5 Å². The molecule has 0 bridgehead atoms. The lowest BCUT2D eigenvalue weighted by Gasteiger charge is -2.38. The first kappa shape index (κ1) is 91.4. The van der Waals surface area contributed by atoms with Crippen LogP contribution in [-0.2, 0) is 54.1 Å². The maximum absolute atomic E-state index is 17.0. The fourth-order valence-corrected chi connectivity index (χ4v) is 20.0. The first-order chi connectivity index (χ1) is 63.4. The van der Waals surface area contributed by atoms with Crippen LogP contribution in [0.3, 0.4) is 0 Å². The van der Waals surface area contributed by atoms with Crippen LogP contribution < -0.4 is 49.7 Å². The zero-order valence-electron chi connectivity index (χ0n) is 83.9. The van der Waals surface area contributed by atoms with E-state index in [1.165, 1.54) is 9.80 Å². The van der Waals surface area contributed by atoms with Crippen LogP contribution in [-0.4, -0.2) is 23.6 Å². The van der Waals surface area contributed by atoms with Crippen LogP contribution in [0, 0.1) is 0 Å². The Balaban J connectivity index is 0.867. The average molecular weight is 1810 g/mol. The topological polar surface area (TPSA) is 182 Å². The van der Waals surface area contributed by atoms with Crippen LogP contribution >= 0.6 is 0 Å². The number of imide groups is 2. The molecular formula is C122H124N4O10. The molecule has 692 valence electrons. The van der Waals surface area contributed by atoms with Gasteiger partial charge in [-0.1, -0.05) is 291 Å². The summed E-state index contributed by atoms with van der Waals surface area (Å²) in [6, 6.07) is 71.1. The highest BCUT2D eigenvalue weighted by Gasteiger charge is 2.47. The first-order valence-electron chi connectivity index (χ1n) is 47.5. The lowest BCUT2D eigenvalue weighted by atomic mass is 9.71. The van der Waals surface area contributed by atoms with Gasteiger partial charge in [0, 0.05) is 87.3 Å². The van der Waals surface area contributed by atoms with Gasteiger partial charge in [-0.25, -0.2) is 9.80 Å². The largest absolute Gasteiger partial charge is 0.457 e. The Kier molecular flexibility index (Phi) is 20.8. The monoisotopic (exact) mass is 1800 g/mol. The summed E-state index contributed by atoms with van der Waals surface area (Å²) >= 11 is 0. The summed E-state index contributed by atoms with van der Waals surface area (Å²) in [6.07, 6.45) is 0. The third kappa shape index (κ3) is 15.3. The Morgan fingerprint density at radius 1 is 0.235 bits per heavy atom. The summed E-state index contributed by atoms with van der Waals surface area (Å²) in [4.78, 5) is 70.3. The van der Waals surface area contributed by atoms with Crippen molar-refractivity contribution in [3.05, 3.63) is 307 Å². The van der Waals surface area contributed by atoms with Gasteiger partial charge in [0.05, 0.1) is 45.0 Å². The van der Waals surface area contributed by atoms with Crippen molar-refractivity contribution >= 4 is 89.5 Å². The molecule has 0 aromatic heterocycles. The Morgan fingerprint density at radius 2 is 0.449 bits per heavy atom. The lowest BCUT2D eigenvalue weighted by molar-refractivity contribution is 0.0877. The van der Waals surface area contributed by atoms with Gasteiger partial charge < -0.3 is 39.9 Å². The minimum atomic E-state index is -0.632. The van der Waals surface area contributed by atoms with E-state index in [1.54, 1.807) is 24.3 Å². The number of carbonyl (C=O) groups excluding carboxylic acids is 4. The zero-order chi connectivity index (χ0) is 97.6. The van der Waals surface area contributed by atoms with Gasteiger partial charge in [-0.2, -0.15) is 0 Å². The summed E-state index contributed by atoms with van der Waals surface area (Å²) < 4.78 is 44.5. The van der Waals surface area contributed by atoms with Crippen LogP contribution in [0.5, 0.6) is 69.0 Å². The number of fused-ring (bicyclic) bond motifs is 6. The maximum atomic E-state index is 17.0. The fraction of sp³-hybridized carbons (Fsp3) is 0.311. The van der Waals surface area contributed by atoms with Crippen LogP contribution in [0.25, 0.3) is 65.3 Å². The fourth-order valence-electron chi connectivity index (χ4n) is 20.0. The van der Waals surface area contributed by atoms with E-state index in [2.05, 4.69) is 230 Å². The SMILES string of the molecule is CC(C)(C)c1ccc(Oc2cc3c4c(cc(Oc5ccc(C(C)(C)C)cc5)c5c6c(Oc7ccc(C(C)(C)C)cc7)cc7c8c(cc(Oc9ccc(C(C)(C)C)cc9)c(c2c45)c86)C(=O)N(c2ccc(-c4cc(C(C)(C)C)cc5c4Oc4c(N)cc(C(C)(C)C)cc4C5(C)C)cc2)C7=O)C(=O)N(c2ccc(-c4cc(C(C)(C)C)cc5c4Oc4c(N)cc(C(C)(C)C)cc4C5(C)C)cc2)C3=O)cc1. The van der Waals surface area contributed by atoms with E-state index < -0.39 is 34.5 Å². The zero-order valence-corrected chi connectivity index (χ0v) is 83.9. The molecule has 0 fully saturated rings. The summed E-state index contributed by atoms with van der Waals surface area (Å²) in [6.45, 7) is 61.1. The van der Waals surface area contributed by atoms with Gasteiger partial charge >= 0.3 is 0 Å². The standard InChI is InChI=1S/C122H124N4O10/c1-113(2,3)67-33-45-77(46-34-67)131-93-61-83-97-84(110(128)125(109(83)127)75-41-29-65(30-42-75)81-53-71(117(13,14)15)55-87-105(81)135-107-89(121(87,25)26)57-73(59-91(107)123)119(19,20)21)63-95(133-79-49-37-69(38-50-79)115(7,8)9)101-102-96(134-80-51-39-70(40-52-80)116(10,11)12)64-86-98-85(62-94(100(104(98)102)99(93)103(97)101)132-78-47-35-68(36-48-78)114(4,5)6)111(129)126(112(86)130)76-43-31-66(32-44-76)82-54-72(118(16,17)18)56-88-106(82)136-108-90(122(88,27)28)58-74(60-92(108)124)120(22,23)24/h29-64H,123-124H2,1-28H3. The van der Waals surface area contributed by atoms with E-state index in [0.717, 1.165) is 89.0 Å². The van der Waals surface area contributed by atoms with E-state index in [0.29, 0.717) is 112 Å². The lowest BCUT2D eigenvalue weighted by Crippen LogP contribution is -2.40. The molecular weight excluding hydrogens is 1680 g/mol. The molecule has 0 aliphatic carbocycles. The Hall–Kier alpha value is -13.7. The molecule has 4 amide bonds. The van der Waals surface area contributed by atoms with Gasteiger partial charge in [0.2, 0.25) is 0 Å². The predicted octanol–water partition coefficient (Wildman–Crippen LogP) is 32.2. The van der Waals surface area contributed by atoms with Gasteiger partial charge in [0.25, 0.3) is 23.6 Å². The maximum Gasteiger partial charge on any atom is 0.266 e. The number of ether oxygens (including phenoxy) is 6. The third-order valence-corrected chi connectivity index (χ3v) is 28.5. The highest BCUT2D eigenvalue weighted by Crippen LogP contribution is 2.62. The van der Waals surface area contributed by atoms with E-state index in [1.807, 2.05) is 158 Å². The van der Waals surface area contributed by atoms with Gasteiger partial charge in [-0.15, -0.1) is 0 Å². The molecule has 0 saturated heterocycles.